The van der Waals surface area contributed by atoms with Crippen molar-refractivity contribution in [2.45, 2.75) is 13.8 Å². The molecule has 0 amide bonds. The minimum atomic E-state index is -0.293. The van der Waals surface area contributed by atoms with E-state index in [1.165, 1.54) is 12.1 Å². The first-order valence-corrected chi connectivity index (χ1v) is 5.09. The zero-order valence-corrected chi connectivity index (χ0v) is 9.68. The minimum absolute atomic E-state index is 0.187. The smallest absolute Gasteiger partial charge is 0.124 e. The highest BCUT2D eigenvalue weighted by Crippen LogP contribution is 2.26. The Morgan fingerprint density at radius 1 is 1.50 bits per heavy atom. The second-order valence-corrected chi connectivity index (χ2v) is 4.14. The molecular weight excluding hydrogens is 247 g/mol. The fraction of sp³-hybridized carbons (Fsp3) is 0.300. The molecule has 0 fully saturated rings. The second-order valence-electron chi connectivity index (χ2n) is 3.29. The number of amidine groups is 1. The number of benzene rings is 1. The van der Waals surface area contributed by atoms with Crippen LogP contribution in [0.5, 0.6) is 0 Å². The van der Waals surface area contributed by atoms with Crippen LogP contribution in [0.15, 0.2) is 27.7 Å². The predicted octanol–water partition coefficient (Wildman–Crippen LogP) is 3.23. The maximum Gasteiger partial charge on any atom is 0.124 e. The van der Waals surface area contributed by atoms with E-state index in [1.807, 2.05) is 13.8 Å². The lowest BCUT2D eigenvalue weighted by Gasteiger charge is -2.04. The van der Waals surface area contributed by atoms with Crippen molar-refractivity contribution in [1.82, 2.24) is 0 Å². The fourth-order valence-corrected chi connectivity index (χ4v) is 1.28. The Kier molecular flexibility index (Phi) is 3.63. The van der Waals surface area contributed by atoms with Gasteiger partial charge < -0.3 is 5.73 Å². The molecule has 1 aromatic carbocycles. The molecule has 0 spiro atoms. The molecule has 14 heavy (non-hydrogen) atoms. The third-order valence-electron chi connectivity index (χ3n) is 1.75. The van der Waals surface area contributed by atoms with Gasteiger partial charge in [0, 0.05) is 10.4 Å². The minimum Gasteiger partial charge on any atom is -0.387 e. The summed E-state index contributed by atoms with van der Waals surface area (Å²) in [5.41, 5.74) is 6.34. The van der Waals surface area contributed by atoms with Crippen molar-refractivity contribution < 1.29 is 4.39 Å². The first kappa shape index (κ1) is 11.2. The van der Waals surface area contributed by atoms with Gasteiger partial charge in [-0.15, -0.1) is 0 Å². The van der Waals surface area contributed by atoms with Gasteiger partial charge in [0.25, 0.3) is 0 Å². The predicted molar refractivity (Wildman–Crippen MR) is 60.2 cm³/mol. The number of nitrogens with two attached hydrogens (primary N) is 1. The Morgan fingerprint density at radius 2 is 2.14 bits per heavy atom. The number of halogens is 2. The average molecular weight is 259 g/mol. The topological polar surface area (TPSA) is 38.4 Å². The van der Waals surface area contributed by atoms with Crippen molar-refractivity contribution in [2.75, 3.05) is 0 Å². The first-order chi connectivity index (χ1) is 6.50. The highest BCUT2D eigenvalue weighted by molar-refractivity contribution is 9.10. The van der Waals surface area contributed by atoms with Crippen LogP contribution >= 0.6 is 15.9 Å². The Bertz CT molecular complexity index is 361. The van der Waals surface area contributed by atoms with E-state index in [0.29, 0.717) is 16.0 Å². The van der Waals surface area contributed by atoms with Gasteiger partial charge in [0.15, 0.2) is 0 Å². The zero-order chi connectivity index (χ0) is 10.7. The molecule has 1 rings (SSSR count). The highest BCUT2D eigenvalue weighted by atomic mass is 79.9. The molecule has 0 unspecified atom stereocenters. The highest BCUT2D eigenvalue weighted by Gasteiger charge is 2.03. The van der Waals surface area contributed by atoms with E-state index < -0.39 is 0 Å². The molecule has 76 valence electrons. The summed E-state index contributed by atoms with van der Waals surface area (Å²) >= 11 is 3.22. The Labute approximate surface area is 91.2 Å². The lowest BCUT2D eigenvalue weighted by atomic mass is 10.2. The van der Waals surface area contributed by atoms with Crippen LogP contribution in [0, 0.1) is 11.7 Å². The lowest BCUT2D eigenvalue weighted by molar-refractivity contribution is 0.627. The monoisotopic (exact) mass is 258 g/mol. The molecule has 0 heterocycles. The van der Waals surface area contributed by atoms with Crippen molar-refractivity contribution in [3.63, 3.8) is 0 Å². The van der Waals surface area contributed by atoms with Gasteiger partial charge in [0.1, 0.15) is 11.7 Å². The number of aliphatic imine (C=N–C) groups is 1. The molecule has 0 aliphatic carbocycles. The molecular formula is C10H12BrFN2. The van der Waals surface area contributed by atoms with E-state index in [9.17, 15) is 4.39 Å². The summed E-state index contributed by atoms with van der Waals surface area (Å²) in [6.07, 6.45) is 0. The van der Waals surface area contributed by atoms with Gasteiger partial charge in [-0.1, -0.05) is 13.8 Å². The third kappa shape index (κ3) is 2.80. The van der Waals surface area contributed by atoms with Gasteiger partial charge in [0.05, 0.1) is 5.69 Å². The van der Waals surface area contributed by atoms with Crippen LogP contribution in [0.25, 0.3) is 0 Å². The van der Waals surface area contributed by atoms with Crippen LogP contribution in [0.4, 0.5) is 10.1 Å². The summed E-state index contributed by atoms with van der Waals surface area (Å²) in [6, 6.07) is 4.32. The van der Waals surface area contributed by atoms with E-state index in [-0.39, 0.29) is 11.7 Å². The molecule has 2 N–H and O–H groups in total. The van der Waals surface area contributed by atoms with Crippen LogP contribution in [0.2, 0.25) is 0 Å². The van der Waals surface area contributed by atoms with Crippen molar-refractivity contribution in [2.24, 2.45) is 16.6 Å². The van der Waals surface area contributed by atoms with Crippen LogP contribution in [0.3, 0.4) is 0 Å². The van der Waals surface area contributed by atoms with Crippen LogP contribution in [-0.4, -0.2) is 5.84 Å². The van der Waals surface area contributed by atoms with Crippen molar-refractivity contribution in [3.8, 4) is 0 Å². The van der Waals surface area contributed by atoms with Gasteiger partial charge in [-0.25, -0.2) is 9.38 Å². The lowest BCUT2D eigenvalue weighted by Crippen LogP contribution is -2.18. The molecule has 0 aliphatic rings. The summed E-state index contributed by atoms with van der Waals surface area (Å²) < 4.78 is 13.3. The fourth-order valence-electron chi connectivity index (χ4n) is 0.840. The van der Waals surface area contributed by atoms with E-state index in [2.05, 4.69) is 20.9 Å². The normalized spacial score (nSPS) is 12.2. The van der Waals surface area contributed by atoms with Crippen LogP contribution in [-0.2, 0) is 0 Å². The van der Waals surface area contributed by atoms with Gasteiger partial charge in [-0.3, -0.25) is 0 Å². The summed E-state index contributed by atoms with van der Waals surface area (Å²) in [5.74, 6) is 0.434. The van der Waals surface area contributed by atoms with Gasteiger partial charge in [-0.05, 0) is 34.1 Å². The summed E-state index contributed by atoms with van der Waals surface area (Å²) in [4.78, 5) is 4.18. The summed E-state index contributed by atoms with van der Waals surface area (Å²) in [5, 5.41) is 0. The maximum absolute atomic E-state index is 12.7. The van der Waals surface area contributed by atoms with Crippen LogP contribution in [0.1, 0.15) is 13.8 Å². The van der Waals surface area contributed by atoms with Crippen molar-refractivity contribution in [1.29, 1.82) is 0 Å². The standard InChI is InChI=1S/C10H12BrFN2/c1-6(2)10(13)14-9-4-3-7(12)5-8(9)11/h3-6H,1-2H3,(H2,13,14). The average Bonchev–Trinajstić information content (AvgIpc) is 2.09. The molecule has 0 radical (unpaired) electrons. The Hall–Kier alpha value is -0.900. The molecule has 0 bridgehead atoms. The molecule has 0 aliphatic heterocycles. The maximum atomic E-state index is 12.7. The number of hydrogen-bond acceptors (Lipinski definition) is 1. The van der Waals surface area contributed by atoms with Crippen molar-refractivity contribution >= 4 is 27.5 Å². The Balaban J connectivity index is 3.03. The number of rotatable bonds is 2. The van der Waals surface area contributed by atoms with Gasteiger partial charge >= 0.3 is 0 Å². The summed E-state index contributed by atoms with van der Waals surface area (Å²) in [7, 11) is 0. The van der Waals surface area contributed by atoms with E-state index in [1.54, 1.807) is 6.07 Å². The SMILES string of the molecule is CC(C)C(N)=Nc1ccc(F)cc1Br. The van der Waals surface area contributed by atoms with Crippen LogP contribution < -0.4 is 5.73 Å². The second kappa shape index (κ2) is 4.55. The number of nitrogens with zero attached hydrogens (tertiary/aromatic N) is 1. The Morgan fingerprint density at radius 3 is 2.64 bits per heavy atom. The van der Waals surface area contributed by atoms with E-state index in [4.69, 9.17) is 5.73 Å². The molecule has 4 heteroatoms. The third-order valence-corrected chi connectivity index (χ3v) is 2.39. The molecule has 0 saturated carbocycles. The molecule has 0 atom stereocenters. The van der Waals surface area contributed by atoms with E-state index in [0.717, 1.165) is 0 Å². The molecule has 0 saturated heterocycles. The van der Waals surface area contributed by atoms with Crippen molar-refractivity contribution in [3.05, 3.63) is 28.5 Å². The van der Waals surface area contributed by atoms with Gasteiger partial charge in [-0.2, -0.15) is 0 Å². The largest absolute Gasteiger partial charge is 0.387 e. The molecule has 2 nitrogen and oxygen atoms in total. The quantitative estimate of drug-likeness (QED) is 0.642. The first-order valence-electron chi connectivity index (χ1n) is 4.30. The van der Waals surface area contributed by atoms with E-state index >= 15 is 0 Å². The number of hydrogen-bond donors (Lipinski definition) is 1. The molecule has 0 aromatic heterocycles. The molecule has 1 aromatic rings. The summed E-state index contributed by atoms with van der Waals surface area (Å²) in [6.45, 7) is 3.91. The van der Waals surface area contributed by atoms with Gasteiger partial charge in [0.2, 0.25) is 0 Å². The zero-order valence-electron chi connectivity index (χ0n) is 8.09.